The predicted octanol–water partition coefficient (Wildman–Crippen LogP) is 5.49. The molecular formula is C23H19ClN2O2S. The Balaban J connectivity index is 1.64. The van der Waals surface area contributed by atoms with Gasteiger partial charge in [0.25, 0.3) is 0 Å². The maximum Gasteiger partial charge on any atom is 0.221 e. The van der Waals surface area contributed by atoms with Crippen molar-refractivity contribution in [2.75, 3.05) is 0 Å². The van der Waals surface area contributed by atoms with Gasteiger partial charge < -0.3 is 10.4 Å². The highest BCUT2D eigenvalue weighted by Gasteiger charge is 2.24. The van der Waals surface area contributed by atoms with Gasteiger partial charge in [0.05, 0.1) is 11.1 Å². The zero-order valence-corrected chi connectivity index (χ0v) is 17.1. The van der Waals surface area contributed by atoms with Gasteiger partial charge in [0.15, 0.2) is 0 Å². The number of aryl methyl sites for hydroxylation is 1. The van der Waals surface area contributed by atoms with Gasteiger partial charge in [-0.1, -0.05) is 48.0 Å². The van der Waals surface area contributed by atoms with Crippen LogP contribution in [0.4, 0.5) is 0 Å². The molecule has 0 aliphatic carbocycles. The van der Waals surface area contributed by atoms with Crippen molar-refractivity contribution in [2.45, 2.75) is 18.9 Å². The summed E-state index contributed by atoms with van der Waals surface area (Å²) in [5, 5.41) is 17.1. The highest BCUT2D eigenvalue weighted by atomic mass is 35.5. The smallest absolute Gasteiger partial charge is 0.221 e. The van der Waals surface area contributed by atoms with Crippen LogP contribution in [0.15, 0.2) is 72.2 Å². The Labute approximate surface area is 177 Å². The van der Waals surface area contributed by atoms with E-state index in [1.54, 1.807) is 18.3 Å². The minimum absolute atomic E-state index is 0.0340. The molecule has 2 N–H and O–H groups in total. The second-order valence-corrected chi connectivity index (χ2v) is 8.08. The molecule has 4 aromatic rings. The molecule has 29 heavy (non-hydrogen) atoms. The Morgan fingerprint density at radius 2 is 1.97 bits per heavy atom. The summed E-state index contributed by atoms with van der Waals surface area (Å²) in [6.45, 7) is 0. The largest absolute Gasteiger partial charge is 0.505 e. The first-order valence-electron chi connectivity index (χ1n) is 9.26. The van der Waals surface area contributed by atoms with Crippen LogP contribution >= 0.6 is 22.9 Å². The molecule has 6 heteroatoms. The first kappa shape index (κ1) is 19.4. The molecule has 4 nitrogen and oxygen atoms in total. The number of phenols is 1. The van der Waals surface area contributed by atoms with Crippen LogP contribution in [0.1, 0.15) is 28.5 Å². The Morgan fingerprint density at radius 3 is 2.72 bits per heavy atom. The van der Waals surface area contributed by atoms with Gasteiger partial charge >= 0.3 is 0 Å². The highest BCUT2D eigenvalue weighted by molar-refractivity contribution is 7.10. The number of rotatable bonds is 6. The Bertz CT molecular complexity index is 1130. The fourth-order valence-electron chi connectivity index (χ4n) is 3.32. The van der Waals surface area contributed by atoms with E-state index in [0.717, 1.165) is 10.4 Å². The molecule has 2 aromatic carbocycles. The lowest BCUT2D eigenvalue weighted by molar-refractivity contribution is -0.121. The van der Waals surface area contributed by atoms with Crippen molar-refractivity contribution in [3.8, 4) is 5.75 Å². The Morgan fingerprint density at radius 1 is 1.14 bits per heavy atom. The van der Waals surface area contributed by atoms with Crippen molar-refractivity contribution in [2.24, 2.45) is 0 Å². The van der Waals surface area contributed by atoms with Crippen molar-refractivity contribution in [1.82, 2.24) is 10.3 Å². The normalized spacial score (nSPS) is 12.0. The Hall–Kier alpha value is -2.89. The lowest BCUT2D eigenvalue weighted by atomic mass is 10.0. The number of thiophene rings is 1. The SMILES string of the molecule is O=C(CCc1ccccc1)N[C@@H](c1cccs1)c1cc(Cl)c2cccnc2c1O. The fraction of sp³-hybridized carbons (Fsp3) is 0.130. The van der Waals surface area contributed by atoms with E-state index in [0.29, 0.717) is 34.3 Å². The lowest BCUT2D eigenvalue weighted by Gasteiger charge is -2.20. The zero-order chi connectivity index (χ0) is 20.2. The third kappa shape index (κ3) is 4.26. The van der Waals surface area contributed by atoms with Gasteiger partial charge in [0.1, 0.15) is 11.3 Å². The number of nitrogens with zero attached hydrogens (tertiary/aromatic N) is 1. The lowest BCUT2D eigenvalue weighted by Crippen LogP contribution is -2.29. The number of nitrogens with one attached hydrogen (secondary N) is 1. The molecule has 2 heterocycles. The van der Waals surface area contributed by atoms with Crippen molar-refractivity contribution in [3.05, 3.63) is 93.3 Å². The summed E-state index contributed by atoms with van der Waals surface area (Å²) in [5.41, 5.74) is 2.07. The van der Waals surface area contributed by atoms with Crippen LogP contribution < -0.4 is 5.32 Å². The molecule has 1 amide bonds. The maximum atomic E-state index is 12.7. The van der Waals surface area contributed by atoms with E-state index >= 15 is 0 Å². The standard InChI is InChI=1S/C23H19ClN2O2S/c24-18-14-17(23(28)22-16(18)8-4-12-25-22)21(19-9-5-13-29-19)26-20(27)11-10-15-6-2-1-3-7-15/h1-9,12-14,21,28H,10-11H2,(H,26,27)/t21-/m1/s1. The van der Waals surface area contributed by atoms with Crippen molar-refractivity contribution >= 4 is 39.7 Å². The Kier molecular flexibility index (Phi) is 5.79. The average molecular weight is 423 g/mol. The molecule has 2 aromatic heterocycles. The minimum atomic E-state index is -0.498. The van der Waals surface area contributed by atoms with Crippen LogP contribution in [0.3, 0.4) is 0 Å². The number of aromatic nitrogens is 1. The van der Waals surface area contributed by atoms with E-state index in [1.165, 1.54) is 11.3 Å². The second kappa shape index (κ2) is 8.64. The van der Waals surface area contributed by atoms with Gasteiger partial charge in [0, 0.05) is 28.4 Å². The summed E-state index contributed by atoms with van der Waals surface area (Å²) >= 11 is 7.97. The highest BCUT2D eigenvalue weighted by Crippen LogP contribution is 2.39. The summed E-state index contributed by atoms with van der Waals surface area (Å²) in [7, 11) is 0. The quantitative estimate of drug-likeness (QED) is 0.431. The van der Waals surface area contributed by atoms with Gasteiger partial charge in [-0.3, -0.25) is 9.78 Å². The number of fused-ring (bicyclic) bond motifs is 1. The first-order chi connectivity index (χ1) is 14.1. The van der Waals surface area contributed by atoms with Crippen molar-refractivity contribution in [3.63, 3.8) is 0 Å². The van der Waals surface area contributed by atoms with Gasteiger partial charge in [0.2, 0.25) is 5.91 Å². The minimum Gasteiger partial charge on any atom is -0.505 e. The van der Waals surface area contributed by atoms with Gasteiger partial charge in [-0.25, -0.2) is 0 Å². The first-order valence-corrected chi connectivity index (χ1v) is 10.5. The van der Waals surface area contributed by atoms with E-state index in [-0.39, 0.29) is 11.7 Å². The van der Waals surface area contributed by atoms with E-state index in [4.69, 9.17) is 11.6 Å². The topological polar surface area (TPSA) is 62.2 Å². The van der Waals surface area contributed by atoms with Crippen LogP contribution in [0, 0.1) is 0 Å². The van der Waals surface area contributed by atoms with Crippen LogP contribution in [0.5, 0.6) is 5.75 Å². The summed E-state index contributed by atoms with van der Waals surface area (Å²) in [4.78, 5) is 17.9. The number of hydrogen-bond acceptors (Lipinski definition) is 4. The summed E-state index contributed by atoms with van der Waals surface area (Å²) in [6.07, 6.45) is 2.61. The number of pyridine rings is 1. The molecule has 0 aliphatic rings. The summed E-state index contributed by atoms with van der Waals surface area (Å²) in [5.74, 6) is -0.0596. The zero-order valence-electron chi connectivity index (χ0n) is 15.5. The van der Waals surface area contributed by atoms with Gasteiger partial charge in [-0.15, -0.1) is 11.3 Å². The molecule has 0 fully saturated rings. The van der Waals surface area contributed by atoms with Gasteiger partial charge in [-0.05, 0) is 41.6 Å². The van der Waals surface area contributed by atoms with Crippen molar-refractivity contribution in [1.29, 1.82) is 0 Å². The fourth-order valence-corrected chi connectivity index (χ4v) is 4.38. The van der Waals surface area contributed by atoms with Crippen LogP contribution in [0.2, 0.25) is 5.02 Å². The van der Waals surface area contributed by atoms with E-state index in [9.17, 15) is 9.90 Å². The molecule has 0 bridgehead atoms. The molecule has 0 unspecified atom stereocenters. The number of phenolic OH excluding ortho intramolecular Hbond substituents is 1. The summed E-state index contributed by atoms with van der Waals surface area (Å²) < 4.78 is 0. The van der Waals surface area contributed by atoms with Gasteiger partial charge in [-0.2, -0.15) is 0 Å². The molecular weight excluding hydrogens is 404 g/mol. The van der Waals surface area contributed by atoms with Crippen LogP contribution in [-0.4, -0.2) is 16.0 Å². The average Bonchev–Trinajstić information content (AvgIpc) is 3.29. The number of halogens is 1. The maximum absolute atomic E-state index is 12.7. The molecule has 0 saturated carbocycles. The van der Waals surface area contributed by atoms with E-state index in [2.05, 4.69) is 10.3 Å². The number of carbonyl (C=O) groups is 1. The molecule has 0 radical (unpaired) electrons. The second-order valence-electron chi connectivity index (χ2n) is 6.70. The number of hydrogen-bond donors (Lipinski definition) is 2. The summed E-state index contributed by atoms with van der Waals surface area (Å²) in [6, 6.07) is 18.5. The molecule has 0 aliphatic heterocycles. The molecule has 1 atom stereocenters. The number of carbonyl (C=O) groups excluding carboxylic acids is 1. The predicted molar refractivity (Wildman–Crippen MR) is 117 cm³/mol. The number of benzene rings is 2. The molecule has 0 spiro atoms. The van der Waals surface area contributed by atoms with Crippen LogP contribution in [0.25, 0.3) is 10.9 Å². The molecule has 0 saturated heterocycles. The van der Waals surface area contributed by atoms with E-state index in [1.807, 2.05) is 53.9 Å². The van der Waals surface area contributed by atoms with Crippen LogP contribution in [-0.2, 0) is 11.2 Å². The number of aromatic hydroxyl groups is 1. The number of amides is 1. The van der Waals surface area contributed by atoms with E-state index < -0.39 is 6.04 Å². The molecule has 146 valence electrons. The molecule has 4 rings (SSSR count). The third-order valence-electron chi connectivity index (χ3n) is 4.77. The monoisotopic (exact) mass is 422 g/mol. The third-order valence-corrected chi connectivity index (χ3v) is 6.02. The van der Waals surface area contributed by atoms with Crippen molar-refractivity contribution < 1.29 is 9.90 Å².